The van der Waals surface area contributed by atoms with Crippen molar-refractivity contribution < 1.29 is 28.0 Å². The number of carbonyl (C=O) groups is 1. The summed E-state index contributed by atoms with van der Waals surface area (Å²) in [6.45, 7) is 5.47. The number of aryl methyl sites for hydroxylation is 1. The average Bonchev–Trinajstić information content (AvgIpc) is 2.90. The standard InChI is InChI=1S/C20H24F3N3O2/c1-14-11-18(15(2)26(14)13-20(21,22)23)19(28)12-24-7-9-25(10-8-24)16-3-5-17(27)6-4-16/h3-6,11,27H,7-10,12-13H2,1-2H3/p+1. The molecule has 8 heteroatoms. The lowest BCUT2D eigenvalue weighted by Crippen LogP contribution is -3.15. The molecule has 0 amide bonds. The quantitative estimate of drug-likeness (QED) is 0.760. The van der Waals surface area contributed by atoms with Crippen LogP contribution in [0.25, 0.3) is 0 Å². The van der Waals surface area contributed by atoms with Crippen LogP contribution in [-0.4, -0.2) is 54.4 Å². The van der Waals surface area contributed by atoms with Gasteiger partial charge in [0.25, 0.3) is 0 Å². The second-order valence-corrected chi connectivity index (χ2v) is 7.34. The second kappa shape index (κ2) is 7.87. The number of alkyl halides is 3. The van der Waals surface area contributed by atoms with Crippen LogP contribution in [0.2, 0.25) is 0 Å². The molecule has 1 aromatic carbocycles. The maximum Gasteiger partial charge on any atom is 0.406 e. The number of aromatic hydroxyl groups is 1. The van der Waals surface area contributed by atoms with E-state index >= 15 is 0 Å². The van der Waals surface area contributed by atoms with Gasteiger partial charge in [0.15, 0.2) is 0 Å². The van der Waals surface area contributed by atoms with Gasteiger partial charge in [-0.25, -0.2) is 0 Å². The van der Waals surface area contributed by atoms with Crippen molar-refractivity contribution in [2.45, 2.75) is 26.6 Å². The number of carbonyl (C=O) groups excluding carboxylic acids is 1. The van der Waals surface area contributed by atoms with Gasteiger partial charge in [-0.3, -0.25) is 4.79 Å². The van der Waals surface area contributed by atoms with Crippen LogP contribution in [-0.2, 0) is 6.54 Å². The van der Waals surface area contributed by atoms with Crippen LogP contribution < -0.4 is 9.80 Å². The van der Waals surface area contributed by atoms with Crippen LogP contribution in [0, 0.1) is 13.8 Å². The minimum Gasteiger partial charge on any atom is -0.508 e. The molecule has 5 nitrogen and oxygen atoms in total. The summed E-state index contributed by atoms with van der Waals surface area (Å²) in [5.74, 6) is 0.108. The Hall–Kier alpha value is -2.48. The Morgan fingerprint density at radius 3 is 2.32 bits per heavy atom. The van der Waals surface area contributed by atoms with Gasteiger partial charge in [0.2, 0.25) is 5.78 Å². The molecule has 28 heavy (non-hydrogen) atoms. The largest absolute Gasteiger partial charge is 0.508 e. The summed E-state index contributed by atoms with van der Waals surface area (Å²) in [5.41, 5.74) is 2.24. The van der Waals surface area contributed by atoms with Gasteiger partial charge in [0.1, 0.15) is 18.8 Å². The van der Waals surface area contributed by atoms with Gasteiger partial charge in [-0.05, 0) is 44.2 Å². The van der Waals surface area contributed by atoms with Gasteiger partial charge in [0, 0.05) is 22.6 Å². The summed E-state index contributed by atoms with van der Waals surface area (Å²) in [6, 6.07) is 8.58. The molecule has 1 aliphatic heterocycles. The zero-order valence-corrected chi connectivity index (χ0v) is 16.0. The first-order chi connectivity index (χ1) is 13.1. The molecule has 0 atom stereocenters. The van der Waals surface area contributed by atoms with E-state index in [4.69, 9.17) is 0 Å². The zero-order valence-electron chi connectivity index (χ0n) is 16.0. The fourth-order valence-corrected chi connectivity index (χ4v) is 3.75. The molecule has 1 aromatic heterocycles. The summed E-state index contributed by atoms with van der Waals surface area (Å²) in [7, 11) is 0. The van der Waals surface area contributed by atoms with Gasteiger partial charge < -0.3 is 19.5 Å². The zero-order chi connectivity index (χ0) is 20.5. The van der Waals surface area contributed by atoms with Gasteiger partial charge in [-0.1, -0.05) is 0 Å². The van der Waals surface area contributed by atoms with Gasteiger partial charge in [0.05, 0.1) is 26.2 Å². The molecule has 1 aliphatic rings. The lowest BCUT2D eigenvalue weighted by molar-refractivity contribution is -0.892. The number of phenolic OH excluding ortho intramolecular Hbond substituents is 1. The third-order valence-electron chi connectivity index (χ3n) is 5.31. The smallest absolute Gasteiger partial charge is 0.406 e. The SMILES string of the molecule is Cc1cc(C(=O)C[NH+]2CCN(c3ccc(O)cc3)CC2)c(C)n1CC(F)(F)F. The highest BCUT2D eigenvalue weighted by molar-refractivity contribution is 5.98. The van der Waals surface area contributed by atoms with Crippen LogP contribution in [0.4, 0.5) is 18.9 Å². The number of quaternary nitrogens is 1. The van der Waals surface area contributed by atoms with Crippen molar-refractivity contribution in [2.24, 2.45) is 0 Å². The third kappa shape index (κ3) is 4.67. The van der Waals surface area contributed by atoms with E-state index in [1.807, 2.05) is 12.1 Å². The highest BCUT2D eigenvalue weighted by Gasteiger charge is 2.31. The molecule has 152 valence electrons. The van der Waals surface area contributed by atoms with Crippen molar-refractivity contribution in [2.75, 3.05) is 37.6 Å². The first kappa shape index (κ1) is 20.3. The average molecular weight is 396 g/mol. The van der Waals surface area contributed by atoms with Crippen LogP contribution >= 0.6 is 0 Å². The Morgan fingerprint density at radius 1 is 1.14 bits per heavy atom. The number of hydrogen-bond donors (Lipinski definition) is 2. The number of aromatic nitrogens is 1. The van der Waals surface area contributed by atoms with Crippen LogP contribution in [0.15, 0.2) is 30.3 Å². The number of piperazine rings is 1. The Bertz CT molecular complexity index is 836. The molecule has 2 N–H and O–H groups in total. The second-order valence-electron chi connectivity index (χ2n) is 7.34. The highest BCUT2D eigenvalue weighted by atomic mass is 19.4. The molecular weight excluding hydrogens is 371 g/mol. The molecule has 0 spiro atoms. The summed E-state index contributed by atoms with van der Waals surface area (Å²) in [6.07, 6.45) is -4.31. The number of Topliss-reactive ketones (excluding diaryl/α,β-unsaturated/α-hetero) is 1. The van der Waals surface area contributed by atoms with E-state index in [1.165, 1.54) is 0 Å². The molecular formula is C20H25F3N3O2+. The maximum absolute atomic E-state index is 12.8. The van der Waals surface area contributed by atoms with E-state index in [0.717, 1.165) is 41.3 Å². The monoisotopic (exact) mass is 396 g/mol. The third-order valence-corrected chi connectivity index (χ3v) is 5.31. The summed E-state index contributed by atoms with van der Waals surface area (Å²) >= 11 is 0. The van der Waals surface area contributed by atoms with Gasteiger partial charge >= 0.3 is 6.18 Å². The fraction of sp³-hybridized carbons (Fsp3) is 0.450. The van der Waals surface area contributed by atoms with Crippen molar-refractivity contribution in [3.8, 4) is 5.75 Å². The number of benzene rings is 1. The summed E-state index contributed by atoms with van der Waals surface area (Å²) < 4.78 is 39.4. The van der Waals surface area contributed by atoms with E-state index in [2.05, 4.69) is 4.90 Å². The first-order valence-electron chi connectivity index (χ1n) is 9.28. The fourth-order valence-electron chi connectivity index (χ4n) is 3.75. The van der Waals surface area contributed by atoms with Crippen LogP contribution in [0.3, 0.4) is 0 Å². The highest BCUT2D eigenvalue weighted by Crippen LogP contribution is 2.23. The molecule has 2 heterocycles. The molecule has 0 radical (unpaired) electrons. The van der Waals surface area contributed by atoms with E-state index < -0.39 is 12.7 Å². The molecule has 1 fully saturated rings. The van der Waals surface area contributed by atoms with E-state index in [-0.39, 0.29) is 18.1 Å². The minimum absolute atomic E-state index is 0.116. The van der Waals surface area contributed by atoms with E-state index in [9.17, 15) is 23.1 Å². The number of phenols is 1. The number of rotatable bonds is 5. The summed E-state index contributed by atoms with van der Waals surface area (Å²) in [4.78, 5) is 16.0. The predicted molar refractivity (Wildman–Crippen MR) is 100 cm³/mol. The first-order valence-corrected chi connectivity index (χ1v) is 9.28. The number of halogens is 3. The Balaban J connectivity index is 1.60. The summed E-state index contributed by atoms with van der Waals surface area (Å²) in [5, 5.41) is 9.39. The molecule has 1 saturated heterocycles. The van der Waals surface area contributed by atoms with Gasteiger partial charge in [-0.15, -0.1) is 0 Å². The lowest BCUT2D eigenvalue weighted by Gasteiger charge is -2.33. The van der Waals surface area contributed by atoms with Crippen LogP contribution in [0.1, 0.15) is 21.7 Å². The van der Waals surface area contributed by atoms with E-state index in [1.54, 1.807) is 32.0 Å². The normalized spacial score (nSPS) is 15.8. The van der Waals surface area contributed by atoms with Crippen molar-refractivity contribution in [3.63, 3.8) is 0 Å². The molecule has 0 bridgehead atoms. The minimum atomic E-state index is -4.31. The van der Waals surface area contributed by atoms with Crippen molar-refractivity contribution >= 4 is 11.5 Å². The van der Waals surface area contributed by atoms with Crippen molar-refractivity contribution in [1.82, 2.24) is 4.57 Å². The van der Waals surface area contributed by atoms with Crippen molar-refractivity contribution in [1.29, 1.82) is 0 Å². The number of nitrogens with zero attached hydrogens (tertiary/aromatic N) is 2. The molecule has 0 saturated carbocycles. The Morgan fingerprint density at radius 2 is 1.75 bits per heavy atom. The molecule has 2 aromatic rings. The number of anilines is 1. The molecule has 3 rings (SSSR count). The molecule has 0 aliphatic carbocycles. The maximum atomic E-state index is 12.8. The predicted octanol–water partition coefficient (Wildman–Crippen LogP) is 1.96. The topological polar surface area (TPSA) is 49.9 Å². The van der Waals surface area contributed by atoms with E-state index in [0.29, 0.717) is 17.0 Å². The molecule has 0 unspecified atom stereocenters. The van der Waals surface area contributed by atoms with Crippen LogP contribution in [0.5, 0.6) is 5.75 Å². The Labute approximate surface area is 162 Å². The van der Waals surface area contributed by atoms with Gasteiger partial charge in [-0.2, -0.15) is 13.2 Å². The number of nitrogens with one attached hydrogen (secondary N) is 1. The lowest BCUT2D eigenvalue weighted by atomic mass is 10.1. The number of ketones is 1. The number of hydrogen-bond acceptors (Lipinski definition) is 3. The van der Waals surface area contributed by atoms with Crippen molar-refractivity contribution in [3.05, 3.63) is 47.3 Å². The Kier molecular flexibility index (Phi) is 5.69.